The highest BCUT2D eigenvalue weighted by Gasteiger charge is 2.23. The number of hydrogen-bond acceptors (Lipinski definition) is 5. The molecule has 29 heavy (non-hydrogen) atoms. The lowest BCUT2D eigenvalue weighted by Crippen LogP contribution is -2.27. The fourth-order valence-electron chi connectivity index (χ4n) is 3.82. The van der Waals surface area contributed by atoms with Crippen LogP contribution in [-0.2, 0) is 17.8 Å². The molecule has 1 atom stereocenters. The van der Waals surface area contributed by atoms with Crippen LogP contribution in [0.5, 0.6) is 5.75 Å². The molecule has 0 unspecified atom stereocenters. The summed E-state index contributed by atoms with van der Waals surface area (Å²) in [4.78, 5) is 16.7. The van der Waals surface area contributed by atoms with Crippen molar-refractivity contribution in [2.24, 2.45) is 0 Å². The number of pyridine rings is 1. The third-order valence-corrected chi connectivity index (χ3v) is 5.43. The highest BCUT2D eigenvalue weighted by atomic mass is 16.5. The number of amides is 1. The molecule has 0 aliphatic carbocycles. The third kappa shape index (κ3) is 4.56. The van der Waals surface area contributed by atoms with Crippen LogP contribution >= 0.6 is 0 Å². The zero-order chi connectivity index (χ0) is 20.1. The van der Waals surface area contributed by atoms with Gasteiger partial charge in [-0.15, -0.1) is 0 Å². The Bertz CT molecular complexity index is 961. The second-order valence-electron chi connectivity index (χ2n) is 7.37. The second-order valence-corrected chi connectivity index (χ2v) is 7.37. The Hall–Kier alpha value is -2.93. The number of benzene rings is 1. The fraction of sp³-hybridized carbons (Fsp3) is 0.409. The minimum absolute atomic E-state index is 0.0467. The number of methoxy groups -OCH3 is 1. The molecule has 0 radical (unpaired) electrons. The van der Waals surface area contributed by atoms with Crippen LogP contribution < -0.4 is 15.4 Å². The topological polar surface area (TPSA) is 81.1 Å². The summed E-state index contributed by atoms with van der Waals surface area (Å²) >= 11 is 0. The molecule has 1 aromatic carbocycles. The van der Waals surface area contributed by atoms with E-state index in [0.29, 0.717) is 31.8 Å². The molecule has 0 bridgehead atoms. The Morgan fingerprint density at radius 2 is 2.17 bits per heavy atom. The fourth-order valence-corrected chi connectivity index (χ4v) is 3.82. The first kappa shape index (κ1) is 19.4. The molecule has 2 aromatic heterocycles. The van der Waals surface area contributed by atoms with Gasteiger partial charge in [0.25, 0.3) is 0 Å². The molecule has 0 spiro atoms. The SMILES string of the molecule is COc1ccc(CCC(=O)NCCn2nc([C@H]3CCNC3)c3cccnc32)cc1. The molecular formula is C22H27N5O2. The summed E-state index contributed by atoms with van der Waals surface area (Å²) in [7, 11) is 1.65. The van der Waals surface area contributed by atoms with Crippen molar-refractivity contribution in [3.63, 3.8) is 0 Å². The van der Waals surface area contributed by atoms with Crippen molar-refractivity contribution in [3.8, 4) is 5.75 Å². The Labute approximate surface area is 170 Å². The first-order valence-electron chi connectivity index (χ1n) is 10.2. The van der Waals surface area contributed by atoms with Crippen molar-refractivity contribution in [2.45, 2.75) is 31.7 Å². The van der Waals surface area contributed by atoms with Gasteiger partial charge in [-0.25, -0.2) is 9.67 Å². The predicted octanol–water partition coefficient (Wildman–Crippen LogP) is 2.27. The number of carbonyl (C=O) groups is 1. The van der Waals surface area contributed by atoms with Crippen molar-refractivity contribution in [3.05, 3.63) is 53.9 Å². The van der Waals surface area contributed by atoms with Crippen LogP contribution in [0.3, 0.4) is 0 Å². The minimum Gasteiger partial charge on any atom is -0.497 e. The van der Waals surface area contributed by atoms with E-state index in [-0.39, 0.29) is 5.91 Å². The van der Waals surface area contributed by atoms with E-state index in [2.05, 4.69) is 21.7 Å². The zero-order valence-electron chi connectivity index (χ0n) is 16.7. The molecule has 1 fully saturated rings. The van der Waals surface area contributed by atoms with E-state index in [0.717, 1.165) is 47.6 Å². The molecule has 3 aromatic rings. The van der Waals surface area contributed by atoms with Gasteiger partial charge in [-0.1, -0.05) is 12.1 Å². The number of nitrogens with zero attached hydrogens (tertiary/aromatic N) is 3. The first-order chi connectivity index (χ1) is 14.2. The molecule has 2 N–H and O–H groups in total. The molecule has 152 valence electrons. The number of rotatable bonds is 8. The molecule has 1 saturated heterocycles. The predicted molar refractivity (Wildman–Crippen MR) is 112 cm³/mol. The van der Waals surface area contributed by atoms with Crippen molar-refractivity contribution in [2.75, 3.05) is 26.7 Å². The van der Waals surface area contributed by atoms with Gasteiger partial charge in [0, 0.05) is 37.0 Å². The Morgan fingerprint density at radius 3 is 2.93 bits per heavy atom. The van der Waals surface area contributed by atoms with E-state index < -0.39 is 0 Å². The van der Waals surface area contributed by atoms with Crippen LogP contribution in [0.2, 0.25) is 0 Å². The summed E-state index contributed by atoms with van der Waals surface area (Å²) < 4.78 is 7.08. The number of aryl methyl sites for hydroxylation is 1. The lowest BCUT2D eigenvalue weighted by molar-refractivity contribution is -0.121. The van der Waals surface area contributed by atoms with Gasteiger partial charge < -0.3 is 15.4 Å². The summed E-state index contributed by atoms with van der Waals surface area (Å²) in [6, 6.07) is 11.9. The van der Waals surface area contributed by atoms with E-state index in [1.165, 1.54) is 0 Å². The van der Waals surface area contributed by atoms with E-state index in [9.17, 15) is 4.79 Å². The van der Waals surface area contributed by atoms with Crippen LogP contribution in [0.15, 0.2) is 42.6 Å². The number of hydrogen-bond donors (Lipinski definition) is 2. The van der Waals surface area contributed by atoms with Gasteiger partial charge in [0.2, 0.25) is 5.91 Å². The maximum atomic E-state index is 12.2. The normalized spacial score (nSPS) is 16.2. The maximum absolute atomic E-state index is 12.2. The molecule has 4 rings (SSSR count). The third-order valence-electron chi connectivity index (χ3n) is 5.43. The lowest BCUT2D eigenvalue weighted by atomic mass is 10.0. The average molecular weight is 393 g/mol. The molecule has 7 nitrogen and oxygen atoms in total. The van der Waals surface area contributed by atoms with Crippen LogP contribution in [-0.4, -0.2) is 47.4 Å². The summed E-state index contributed by atoms with van der Waals surface area (Å²) in [5.41, 5.74) is 3.13. The van der Waals surface area contributed by atoms with Gasteiger partial charge in [0.05, 0.1) is 19.3 Å². The molecule has 1 aliphatic rings. The molecule has 3 heterocycles. The molecule has 7 heteroatoms. The molecular weight excluding hydrogens is 366 g/mol. The van der Waals surface area contributed by atoms with Crippen molar-refractivity contribution >= 4 is 16.9 Å². The Morgan fingerprint density at radius 1 is 1.31 bits per heavy atom. The quantitative estimate of drug-likeness (QED) is 0.614. The van der Waals surface area contributed by atoms with Gasteiger partial charge in [-0.05, 0) is 49.2 Å². The number of aromatic nitrogens is 3. The number of nitrogens with one attached hydrogen (secondary N) is 2. The second kappa shape index (κ2) is 9.05. The highest BCUT2D eigenvalue weighted by Crippen LogP contribution is 2.27. The van der Waals surface area contributed by atoms with Crippen molar-refractivity contribution in [1.82, 2.24) is 25.4 Å². The van der Waals surface area contributed by atoms with Gasteiger partial charge in [-0.2, -0.15) is 5.10 Å². The monoisotopic (exact) mass is 393 g/mol. The van der Waals surface area contributed by atoms with E-state index in [1.807, 2.05) is 35.0 Å². The average Bonchev–Trinajstić information content (AvgIpc) is 3.41. The zero-order valence-corrected chi connectivity index (χ0v) is 16.7. The maximum Gasteiger partial charge on any atom is 0.220 e. The van der Waals surface area contributed by atoms with Crippen LogP contribution in [0, 0.1) is 0 Å². The molecule has 1 amide bonds. The standard InChI is InChI=1S/C22H27N5O2/c1-29-18-7-4-16(5-8-18)6-9-20(28)24-13-14-27-22-19(3-2-11-25-22)21(26-27)17-10-12-23-15-17/h2-5,7-8,11,17,23H,6,9-10,12-15H2,1H3,(H,24,28)/t17-/m0/s1. The Kier molecular flexibility index (Phi) is 6.05. The Balaban J connectivity index is 1.32. The first-order valence-corrected chi connectivity index (χ1v) is 10.2. The smallest absolute Gasteiger partial charge is 0.220 e. The highest BCUT2D eigenvalue weighted by molar-refractivity contribution is 5.79. The lowest BCUT2D eigenvalue weighted by Gasteiger charge is -2.07. The summed E-state index contributed by atoms with van der Waals surface area (Å²) in [5, 5.41) is 12.4. The van der Waals surface area contributed by atoms with Gasteiger partial charge in [-0.3, -0.25) is 4.79 Å². The van der Waals surface area contributed by atoms with E-state index >= 15 is 0 Å². The summed E-state index contributed by atoms with van der Waals surface area (Å²) in [6.45, 7) is 3.14. The van der Waals surface area contributed by atoms with E-state index in [4.69, 9.17) is 9.84 Å². The van der Waals surface area contributed by atoms with Gasteiger partial charge in [0.1, 0.15) is 5.75 Å². The van der Waals surface area contributed by atoms with Crippen molar-refractivity contribution < 1.29 is 9.53 Å². The molecule has 1 aliphatic heterocycles. The van der Waals surface area contributed by atoms with Crippen LogP contribution in [0.4, 0.5) is 0 Å². The minimum atomic E-state index is 0.0467. The van der Waals surface area contributed by atoms with Gasteiger partial charge in [0.15, 0.2) is 5.65 Å². The summed E-state index contributed by atoms with van der Waals surface area (Å²) in [6.07, 6.45) is 4.07. The molecule has 0 saturated carbocycles. The number of carbonyl (C=O) groups excluding carboxylic acids is 1. The number of ether oxygens (including phenoxy) is 1. The summed E-state index contributed by atoms with van der Waals surface area (Å²) in [5.74, 6) is 1.30. The van der Waals surface area contributed by atoms with Crippen LogP contribution in [0.25, 0.3) is 11.0 Å². The van der Waals surface area contributed by atoms with E-state index in [1.54, 1.807) is 13.3 Å². The number of fused-ring (bicyclic) bond motifs is 1. The van der Waals surface area contributed by atoms with Crippen molar-refractivity contribution in [1.29, 1.82) is 0 Å². The van der Waals surface area contributed by atoms with Crippen LogP contribution in [0.1, 0.15) is 30.0 Å². The van der Waals surface area contributed by atoms with Gasteiger partial charge >= 0.3 is 0 Å². The largest absolute Gasteiger partial charge is 0.497 e.